The van der Waals surface area contributed by atoms with Crippen LogP contribution in [0.4, 0.5) is 8.78 Å². The first kappa shape index (κ1) is 14.5. The van der Waals surface area contributed by atoms with E-state index in [1.165, 1.54) is 23.9 Å². The zero-order valence-corrected chi connectivity index (χ0v) is 12.6. The van der Waals surface area contributed by atoms with Crippen molar-refractivity contribution in [3.05, 3.63) is 58.1 Å². The van der Waals surface area contributed by atoms with Crippen molar-refractivity contribution in [3.8, 4) is 0 Å². The van der Waals surface area contributed by atoms with Gasteiger partial charge in [0.2, 0.25) is 0 Å². The molecule has 0 aromatic heterocycles. The molecule has 2 aromatic carbocycles. The zero-order valence-electron chi connectivity index (χ0n) is 10.2. The van der Waals surface area contributed by atoms with E-state index >= 15 is 0 Å². The highest BCUT2D eigenvalue weighted by Gasteiger charge is 2.09. The Labute approximate surface area is 123 Å². The number of halogens is 3. The molecule has 0 aliphatic carbocycles. The fourth-order valence-electron chi connectivity index (χ4n) is 1.63. The summed E-state index contributed by atoms with van der Waals surface area (Å²) in [5.41, 5.74) is 6.81. The number of nitrogens with two attached hydrogens (primary N) is 1. The van der Waals surface area contributed by atoms with E-state index in [9.17, 15) is 8.78 Å². The topological polar surface area (TPSA) is 26.0 Å². The third kappa shape index (κ3) is 3.55. The number of hydrogen-bond acceptors (Lipinski definition) is 2. The zero-order chi connectivity index (χ0) is 14.0. The molecule has 0 fully saturated rings. The van der Waals surface area contributed by atoms with E-state index in [0.717, 1.165) is 21.0 Å². The molecular weight excluding hydrogens is 332 g/mol. The van der Waals surface area contributed by atoms with Crippen LogP contribution in [0, 0.1) is 11.6 Å². The standard InChI is InChI=1S/C14H12BrF2NS/c1-8(18)11-4-3-10(7-12(11)15)19-14-5-2-9(16)6-13(14)17/h2-8H,18H2,1H3/t8-/m0/s1. The number of hydrogen-bond donors (Lipinski definition) is 1. The summed E-state index contributed by atoms with van der Waals surface area (Å²) in [6.07, 6.45) is 0. The van der Waals surface area contributed by atoms with Crippen LogP contribution in [0.2, 0.25) is 0 Å². The van der Waals surface area contributed by atoms with Gasteiger partial charge in [0.25, 0.3) is 0 Å². The van der Waals surface area contributed by atoms with Gasteiger partial charge in [-0.15, -0.1) is 0 Å². The molecule has 0 aliphatic heterocycles. The second kappa shape index (κ2) is 6.03. The van der Waals surface area contributed by atoms with Gasteiger partial charge < -0.3 is 5.73 Å². The number of benzene rings is 2. The molecule has 0 amide bonds. The average molecular weight is 344 g/mol. The molecule has 5 heteroatoms. The Morgan fingerprint density at radius 1 is 1.16 bits per heavy atom. The molecule has 1 nitrogen and oxygen atoms in total. The Hall–Kier alpha value is -0.910. The minimum atomic E-state index is -0.574. The van der Waals surface area contributed by atoms with Crippen molar-refractivity contribution < 1.29 is 8.78 Å². The monoisotopic (exact) mass is 343 g/mol. The van der Waals surface area contributed by atoms with Gasteiger partial charge in [-0.25, -0.2) is 8.78 Å². The van der Waals surface area contributed by atoms with Gasteiger partial charge in [0.05, 0.1) is 0 Å². The Bertz CT molecular complexity index is 602. The molecular formula is C14H12BrF2NS. The highest BCUT2D eigenvalue weighted by molar-refractivity contribution is 9.10. The summed E-state index contributed by atoms with van der Waals surface area (Å²) in [6.45, 7) is 1.90. The Kier molecular flexibility index (Phi) is 4.60. The molecule has 0 unspecified atom stereocenters. The summed E-state index contributed by atoms with van der Waals surface area (Å²) in [7, 11) is 0. The molecule has 0 radical (unpaired) electrons. The van der Waals surface area contributed by atoms with E-state index in [4.69, 9.17) is 5.73 Å². The SMILES string of the molecule is C[C@H](N)c1ccc(Sc2ccc(F)cc2F)cc1Br. The van der Waals surface area contributed by atoms with Gasteiger partial charge in [-0.1, -0.05) is 33.8 Å². The first-order valence-corrected chi connectivity index (χ1v) is 7.26. The predicted molar refractivity (Wildman–Crippen MR) is 77.2 cm³/mol. The van der Waals surface area contributed by atoms with Gasteiger partial charge in [0, 0.05) is 26.4 Å². The van der Waals surface area contributed by atoms with E-state index in [1.807, 2.05) is 25.1 Å². The van der Waals surface area contributed by atoms with Crippen LogP contribution < -0.4 is 5.73 Å². The molecule has 19 heavy (non-hydrogen) atoms. The molecule has 1 atom stereocenters. The highest BCUT2D eigenvalue weighted by atomic mass is 79.9. The average Bonchev–Trinajstić information content (AvgIpc) is 2.32. The van der Waals surface area contributed by atoms with Crippen LogP contribution in [0.15, 0.2) is 50.7 Å². The smallest absolute Gasteiger partial charge is 0.140 e. The maximum atomic E-state index is 13.6. The summed E-state index contributed by atoms with van der Waals surface area (Å²) < 4.78 is 27.3. The summed E-state index contributed by atoms with van der Waals surface area (Å²) in [6, 6.07) is 9.14. The lowest BCUT2D eigenvalue weighted by atomic mass is 10.1. The van der Waals surface area contributed by atoms with Gasteiger partial charge in [-0.05, 0) is 36.8 Å². The molecule has 2 aromatic rings. The van der Waals surface area contributed by atoms with Crippen LogP contribution >= 0.6 is 27.7 Å². The van der Waals surface area contributed by atoms with E-state index in [2.05, 4.69) is 15.9 Å². The fraction of sp³-hybridized carbons (Fsp3) is 0.143. The van der Waals surface area contributed by atoms with Crippen LogP contribution in [0.3, 0.4) is 0 Å². The maximum absolute atomic E-state index is 13.6. The van der Waals surface area contributed by atoms with Crippen molar-refractivity contribution in [1.82, 2.24) is 0 Å². The number of rotatable bonds is 3. The molecule has 0 aliphatic rings. The van der Waals surface area contributed by atoms with Gasteiger partial charge in [-0.2, -0.15) is 0 Å². The molecule has 100 valence electrons. The summed E-state index contributed by atoms with van der Waals surface area (Å²) >= 11 is 4.69. The van der Waals surface area contributed by atoms with Crippen LogP contribution in [-0.4, -0.2) is 0 Å². The molecule has 0 saturated carbocycles. The first-order valence-electron chi connectivity index (χ1n) is 5.65. The molecule has 0 spiro atoms. The maximum Gasteiger partial charge on any atom is 0.140 e. The summed E-state index contributed by atoms with van der Waals surface area (Å²) in [5, 5.41) is 0. The van der Waals surface area contributed by atoms with Crippen LogP contribution in [-0.2, 0) is 0 Å². The van der Waals surface area contributed by atoms with Crippen molar-refractivity contribution in [1.29, 1.82) is 0 Å². The third-order valence-corrected chi connectivity index (χ3v) is 4.31. The van der Waals surface area contributed by atoms with Crippen molar-refractivity contribution in [2.45, 2.75) is 22.8 Å². The van der Waals surface area contributed by atoms with E-state index in [-0.39, 0.29) is 6.04 Å². The van der Waals surface area contributed by atoms with E-state index in [0.29, 0.717) is 4.90 Å². The van der Waals surface area contributed by atoms with Gasteiger partial charge in [0.1, 0.15) is 11.6 Å². The lowest BCUT2D eigenvalue weighted by molar-refractivity contribution is 0.565. The Balaban J connectivity index is 2.26. The first-order chi connectivity index (χ1) is 8.97. The van der Waals surface area contributed by atoms with Crippen molar-refractivity contribution in [3.63, 3.8) is 0 Å². The minimum absolute atomic E-state index is 0.0732. The van der Waals surface area contributed by atoms with Crippen LogP contribution in [0.1, 0.15) is 18.5 Å². The van der Waals surface area contributed by atoms with E-state index in [1.54, 1.807) is 0 Å². The van der Waals surface area contributed by atoms with Gasteiger partial charge in [0.15, 0.2) is 0 Å². The Morgan fingerprint density at radius 2 is 1.89 bits per heavy atom. The van der Waals surface area contributed by atoms with E-state index < -0.39 is 11.6 Å². The summed E-state index contributed by atoms with van der Waals surface area (Å²) in [4.78, 5) is 1.25. The molecule has 0 saturated heterocycles. The van der Waals surface area contributed by atoms with Crippen molar-refractivity contribution in [2.75, 3.05) is 0 Å². The lowest BCUT2D eigenvalue weighted by Gasteiger charge is -2.10. The predicted octanol–water partition coefficient (Wildman–Crippen LogP) is 4.90. The second-order valence-corrected chi connectivity index (χ2v) is 6.12. The largest absolute Gasteiger partial charge is 0.324 e. The van der Waals surface area contributed by atoms with Crippen molar-refractivity contribution in [2.24, 2.45) is 5.73 Å². The molecule has 2 N–H and O–H groups in total. The second-order valence-electron chi connectivity index (χ2n) is 4.15. The fourth-order valence-corrected chi connectivity index (χ4v) is 3.38. The molecule has 0 bridgehead atoms. The minimum Gasteiger partial charge on any atom is -0.324 e. The van der Waals surface area contributed by atoms with Crippen LogP contribution in [0.5, 0.6) is 0 Å². The normalized spacial score (nSPS) is 12.5. The van der Waals surface area contributed by atoms with Gasteiger partial charge >= 0.3 is 0 Å². The van der Waals surface area contributed by atoms with Crippen LogP contribution in [0.25, 0.3) is 0 Å². The third-order valence-electron chi connectivity index (χ3n) is 2.58. The quantitative estimate of drug-likeness (QED) is 0.857. The van der Waals surface area contributed by atoms with Gasteiger partial charge in [-0.3, -0.25) is 0 Å². The van der Waals surface area contributed by atoms with Crippen molar-refractivity contribution >= 4 is 27.7 Å². The summed E-state index contributed by atoms with van der Waals surface area (Å²) in [5.74, 6) is -1.13. The Morgan fingerprint density at radius 3 is 2.47 bits per heavy atom. The lowest BCUT2D eigenvalue weighted by Crippen LogP contribution is -2.05. The highest BCUT2D eigenvalue weighted by Crippen LogP contribution is 2.33. The molecule has 0 heterocycles. The molecule has 2 rings (SSSR count).